The number of hydrogen-bond acceptors (Lipinski definition) is 4. The Bertz CT molecular complexity index is 685. The summed E-state index contributed by atoms with van der Waals surface area (Å²) in [5.74, 6) is 0.550. The fourth-order valence-electron chi connectivity index (χ4n) is 2.47. The smallest absolute Gasteiger partial charge is 0.273 e. The van der Waals surface area contributed by atoms with E-state index in [-0.39, 0.29) is 5.91 Å². The second-order valence-electron chi connectivity index (χ2n) is 5.22. The van der Waals surface area contributed by atoms with E-state index < -0.39 is 0 Å². The highest BCUT2D eigenvalue weighted by atomic mass is 16.5. The molecule has 0 unspecified atom stereocenters. The Morgan fingerprint density at radius 2 is 2.19 bits per heavy atom. The number of rotatable bonds is 1. The van der Waals surface area contributed by atoms with Crippen molar-refractivity contribution >= 4 is 5.91 Å². The van der Waals surface area contributed by atoms with Gasteiger partial charge in [0.15, 0.2) is 0 Å². The predicted molar refractivity (Wildman–Crippen MR) is 78.2 cm³/mol. The lowest BCUT2D eigenvalue weighted by molar-refractivity contribution is 0.0726. The standard InChI is InChI=1S/C16H17N3O2/c1-11-8-12(2)14(18-9-11)16(20)19-6-7-21-15-13(10-19)4-3-5-17-15/h3-5,8-9H,6-7,10H2,1-2H3. The second-order valence-corrected chi connectivity index (χ2v) is 5.22. The molecule has 0 N–H and O–H groups in total. The lowest BCUT2D eigenvalue weighted by Gasteiger charge is -2.20. The maximum atomic E-state index is 12.7. The molecule has 0 atom stereocenters. The number of carbonyl (C=O) groups excluding carboxylic acids is 1. The molecule has 0 radical (unpaired) electrons. The van der Waals surface area contributed by atoms with Crippen molar-refractivity contribution in [1.29, 1.82) is 0 Å². The summed E-state index contributed by atoms with van der Waals surface area (Å²) in [4.78, 5) is 22.9. The van der Waals surface area contributed by atoms with Crippen molar-refractivity contribution in [2.45, 2.75) is 20.4 Å². The van der Waals surface area contributed by atoms with Gasteiger partial charge in [0.2, 0.25) is 5.88 Å². The molecule has 3 rings (SSSR count). The van der Waals surface area contributed by atoms with Crippen LogP contribution in [0.3, 0.4) is 0 Å². The maximum Gasteiger partial charge on any atom is 0.273 e. The SMILES string of the molecule is Cc1cnc(C(=O)N2CCOc3ncccc3C2)c(C)c1. The van der Waals surface area contributed by atoms with Crippen LogP contribution in [0.4, 0.5) is 0 Å². The van der Waals surface area contributed by atoms with Gasteiger partial charge in [-0.3, -0.25) is 9.78 Å². The van der Waals surface area contributed by atoms with Crippen molar-refractivity contribution in [2.24, 2.45) is 0 Å². The summed E-state index contributed by atoms with van der Waals surface area (Å²) in [6.07, 6.45) is 3.42. The molecule has 1 aliphatic heterocycles. The molecule has 21 heavy (non-hydrogen) atoms. The highest BCUT2D eigenvalue weighted by Crippen LogP contribution is 2.21. The molecular formula is C16H17N3O2. The van der Waals surface area contributed by atoms with Gasteiger partial charge in [0.25, 0.3) is 5.91 Å². The van der Waals surface area contributed by atoms with Gasteiger partial charge in [-0.1, -0.05) is 12.1 Å². The Labute approximate surface area is 123 Å². The average molecular weight is 283 g/mol. The van der Waals surface area contributed by atoms with E-state index in [1.54, 1.807) is 17.3 Å². The first kappa shape index (κ1) is 13.5. The number of aryl methyl sites for hydroxylation is 2. The van der Waals surface area contributed by atoms with Crippen molar-refractivity contribution in [2.75, 3.05) is 13.2 Å². The highest BCUT2D eigenvalue weighted by molar-refractivity contribution is 5.93. The van der Waals surface area contributed by atoms with Crippen LogP contribution in [0.25, 0.3) is 0 Å². The third-order valence-corrected chi connectivity index (χ3v) is 3.52. The number of fused-ring (bicyclic) bond motifs is 1. The van der Waals surface area contributed by atoms with Crippen molar-refractivity contribution in [3.05, 3.63) is 53.0 Å². The van der Waals surface area contributed by atoms with Crippen LogP contribution in [0, 0.1) is 13.8 Å². The average Bonchev–Trinajstić information content (AvgIpc) is 2.68. The first-order valence-corrected chi connectivity index (χ1v) is 6.94. The van der Waals surface area contributed by atoms with Crippen LogP contribution in [-0.4, -0.2) is 33.9 Å². The molecule has 0 aliphatic carbocycles. The van der Waals surface area contributed by atoms with Gasteiger partial charge < -0.3 is 9.64 Å². The summed E-state index contributed by atoms with van der Waals surface area (Å²) in [6.45, 7) is 5.36. The van der Waals surface area contributed by atoms with Crippen LogP contribution in [0.15, 0.2) is 30.6 Å². The van der Waals surface area contributed by atoms with E-state index in [0.29, 0.717) is 31.3 Å². The zero-order chi connectivity index (χ0) is 14.8. The second kappa shape index (κ2) is 5.52. The van der Waals surface area contributed by atoms with E-state index in [1.165, 1.54) is 0 Å². The van der Waals surface area contributed by atoms with Crippen LogP contribution in [0.1, 0.15) is 27.2 Å². The molecule has 2 aromatic rings. The van der Waals surface area contributed by atoms with Crippen LogP contribution < -0.4 is 4.74 Å². The Morgan fingerprint density at radius 1 is 1.33 bits per heavy atom. The molecule has 5 nitrogen and oxygen atoms in total. The summed E-state index contributed by atoms with van der Waals surface area (Å²) in [5, 5.41) is 0. The molecule has 0 bridgehead atoms. The van der Waals surface area contributed by atoms with Gasteiger partial charge >= 0.3 is 0 Å². The van der Waals surface area contributed by atoms with Gasteiger partial charge in [-0.25, -0.2) is 4.98 Å². The zero-order valence-corrected chi connectivity index (χ0v) is 12.2. The van der Waals surface area contributed by atoms with Crippen molar-refractivity contribution < 1.29 is 9.53 Å². The first-order valence-electron chi connectivity index (χ1n) is 6.94. The lowest BCUT2D eigenvalue weighted by Crippen LogP contribution is -2.33. The minimum atomic E-state index is -0.0622. The molecule has 0 fully saturated rings. The fraction of sp³-hybridized carbons (Fsp3) is 0.312. The largest absolute Gasteiger partial charge is 0.476 e. The molecule has 0 saturated heterocycles. The topological polar surface area (TPSA) is 55.3 Å². The van der Waals surface area contributed by atoms with E-state index in [9.17, 15) is 4.79 Å². The van der Waals surface area contributed by atoms with E-state index >= 15 is 0 Å². The monoisotopic (exact) mass is 283 g/mol. The lowest BCUT2D eigenvalue weighted by atomic mass is 10.1. The third-order valence-electron chi connectivity index (χ3n) is 3.52. The third kappa shape index (κ3) is 2.72. The van der Waals surface area contributed by atoms with Crippen LogP contribution >= 0.6 is 0 Å². The Kier molecular flexibility index (Phi) is 3.56. The van der Waals surface area contributed by atoms with Crippen LogP contribution in [-0.2, 0) is 6.54 Å². The minimum Gasteiger partial charge on any atom is -0.476 e. The number of carbonyl (C=O) groups is 1. The zero-order valence-electron chi connectivity index (χ0n) is 12.2. The predicted octanol–water partition coefficient (Wildman–Crippen LogP) is 2.13. The molecule has 108 valence electrons. The minimum absolute atomic E-state index is 0.0622. The summed E-state index contributed by atoms with van der Waals surface area (Å²) in [7, 11) is 0. The summed E-state index contributed by atoms with van der Waals surface area (Å²) in [5.41, 5.74) is 3.38. The van der Waals surface area contributed by atoms with Gasteiger partial charge in [0, 0.05) is 18.0 Å². The van der Waals surface area contributed by atoms with E-state index in [2.05, 4.69) is 9.97 Å². The molecule has 1 amide bonds. The normalized spacial score (nSPS) is 14.1. The molecule has 1 aliphatic rings. The Morgan fingerprint density at radius 3 is 3.00 bits per heavy atom. The number of aromatic nitrogens is 2. The summed E-state index contributed by atoms with van der Waals surface area (Å²) >= 11 is 0. The van der Waals surface area contributed by atoms with E-state index in [1.807, 2.05) is 32.0 Å². The molecular weight excluding hydrogens is 266 g/mol. The maximum absolute atomic E-state index is 12.7. The first-order chi connectivity index (χ1) is 10.1. The van der Waals surface area contributed by atoms with Gasteiger partial charge in [0.05, 0.1) is 13.1 Å². The van der Waals surface area contributed by atoms with Crippen molar-refractivity contribution in [3.63, 3.8) is 0 Å². The molecule has 5 heteroatoms. The van der Waals surface area contributed by atoms with E-state index in [4.69, 9.17) is 4.74 Å². The number of hydrogen-bond donors (Lipinski definition) is 0. The number of pyridine rings is 2. The van der Waals surface area contributed by atoms with E-state index in [0.717, 1.165) is 16.7 Å². The molecule has 0 spiro atoms. The van der Waals surface area contributed by atoms with Gasteiger partial charge in [0.1, 0.15) is 12.3 Å². The molecule has 2 aromatic heterocycles. The molecule has 3 heterocycles. The number of ether oxygens (including phenoxy) is 1. The fourth-order valence-corrected chi connectivity index (χ4v) is 2.47. The van der Waals surface area contributed by atoms with Crippen molar-refractivity contribution in [3.8, 4) is 5.88 Å². The van der Waals surface area contributed by atoms with Crippen LogP contribution in [0.5, 0.6) is 5.88 Å². The van der Waals surface area contributed by atoms with Crippen LogP contribution in [0.2, 0.25) is 0 Å². The highest BCUT2D eigenvalue weighted by Gasteiger charge is 2.23. The Balaban J connectivity index is 1.88. The molecule has 0 saturated carbocycles. The summed E-state index contributed by atoms with van der Waals surface area (Å²) < 4.78 is 5.59. The quantitative estimate of drug-likeness (QED) is 0.804. The van der Waals surface area contributed by atoms with Gasteiger partial charge in [-0.15, -0.1) is 0 Å². The Hall–Kier alpha value is -2.43. The number of amides is 1. The summed E-state index contributed by atoms with van der Waals surface area (Å²) in [6, 6.07) is 5.76. The van der Waals surface area contributed by atoms with Gasteiger partial charge in [-0.2, -0.15) is 0 Å². The van der Waals surface area contributed by atoms with Crippen molar-refractivity contribution in [1.82, 2.24) is 14.9 Å². The van der Waals surface area contributed by atoms with Gasteiger partial charge in [-0.05, 0) is 31.0 Å². The molecule has 0 aromatic carbocycles. The number of nitrogens with zero attached hydrogens (tertiary/aromatic N) is 3.